The lowest BCUT2D eigenvalue weighted by atomic mass is 9.91. The lowest BCUT2D eigenvalue weighted by Gasteiger charge is -2.39. The Bertz CT molecular complexity index is 1070. The summed E-state index contributed by atoms with van der Waals surface area (Å²) in [6, 6.07) is 15.5. The molecule has 1 saturated heterocycles. The Morgan fingerprint density at radius 1 is 0.971 bits per heavy atom. The summed E-state index contributed by atoms with van der Waals surface area (Å²) < 4.78 is 5.63. The summed E-state index contributed by atoms with van der Waals surface area (Å²) in [6.07, 6.45) is 4.47. The number of carboxylic acid groups (broad SMARTS) is 1. The summed E-state index contributed by atoms with van der Waals surface area (Å²) in [4.78, 5) is 39.4. The summed E-state index contributed by atoms with van der Waals surface area (Å²) >= 11 is 0. The second kappa shape index (κ2) is 10.1. The number of rotatable bonds is 7. The van der Waals surface area contributed by atoms with Gasteiger partial charge in [-0.05, 0) is 60.3 Å². The molecule has 0 spiro atoms. The SMILES string of the molecule is O=C(O)CCC(NC(=O)OCC1c2ccccc2-c2ccccc21)C(=O)N1CCCC2CCCC21. The molecule has 2 fully saturated rings. The van der Waals surface area contributed by atoms with E-state index < -0.39 is 18.1 Å². The fourth-order valence-corrected chi connectivity index (χ4v) is 6.24. The number of hydrogen-bond acceptors (Lipinski definition) is 4. The highest BCUT2D eigenvalue weighted by molar-refractivity contribution is 5.86. The van der Waals surface area contributed by atoms with Crippen molar-refractivity contribution in [3.8, 4) is 11.1 Å². The van der Waals surface area contributed by atoms with Gasteiger partial charge in [0.1, 0.15) is 12.6 Å². The van der Waals surface area contributed by atoms with Gasteiger partial charge in [-0.3, -0.25) is 9.59 Å². The Morgan fingerprint density at radius 3 is 2.31 bits per heavy atom. The summed E-state index contributed by atoms with van der Waals surface area (Å²) in [5.74, 6) is -0.740. The maximum Gasteiger partial charge on any atom is 0.407 e. The van der Waals surface area contributed by atoms with E-state index in [1.54, 1.807) is 0 Å². The van der Waals surface area contributed by atoms with Crippen molar-refractivity contribution in [2.24, 2.45) is 5.92 Å². The molecule has 0 bridgehead atoms. The number of benzene rings is 2. The number of alkyl carbamates (subject to hydrolysis) is 1. The quantitative estimate of drug-likeness (QED) is 0.611. The number of nitrogens with zero attached hydrogens (tertiary/aromatic N) is 1. The van der Waals surface area contributed by atoms with Crippen LogP contribution in [0.1, 0.15) is 62.0 Å². The minimum atomic E-state index is -0.991. The molecular formula is C28H32N2O5. The lowest BCUT2D eigenvalue weighted by molar-refractivity contribution is -0.139. The molecular weight excluding hydrogens is 444 g/mol. The molecule has 2 aromatic rings. The number of likely N-dealkylation sites (tertiary alicyclic amines) is 1. The average Bonchev–Trinajstić information content (AvgIpc) is 3.47. The van der Waals surface area contributed by atoms with Crippen LogP contribution in [0.4, 0.5) is 4.79 Å². The van der Waals surface area contributed by atoms with Gasteiger partial charge in [-0.2, -0.15) is 0 Å². The van der Waals surface area contributed by atoms with Gasteiger partial charge in [-0.25, -0.2) is 4.79 Å². The third-order valence-corrected chi connectivity index (χ3v) is 7.86. The Labute approximate surface area is 205 Å². The van der Waals surface area contributed by atoms with Crippen molar-refractivity contribution in [2.45, 2.75) is 62.9 Å². The number of carbonyl (C=O) groups excluding carboxylic acids is 2. The topological polar surface area (TPSA) is 95.9 Å². The van der Waals surface area contributed by atoms with E-state index in [1.807, 2.05) is 29.2 Å². The molecule has 2 amide bonds. The van der Waals surface area contributed by atoms with E-state index in [2.05, 4.69) is 29.6 Å². The van der Waals surface area contributed by atoms with Crippen molar-refractivity contribution < 1.29 is 24.2 Å². The first-order valence-corrected chi connectivity index (χ1v) is 12.7. The fourth-order valence-electron chi connectivity index (χ4n) is 6.24. The van der Waals surface area contributed by atoms with E-state index in [0.29, 0.717) is 12.5 Å². The van der Waals surface area contributed by atoms with E-state index in [0.717, 1.165) is 54.4 Å². The molecule has 1 saturated carbocycles. The smallest absolute Gasteiger partial charge is 0.407 e. The number of fused-ring (bicyclic) bond motifs is 4. The zero-order valence-corrected chi connectivity index (χ0v) is 19.8. The predicted octanol–water partition coefficient (Wildman–Crippen LogP) is 4.55. The van der Waals surface area contributed by atoms with Crippen LogP contribution < -0.4 is 5.32 Å². The number of nitrogens with one attached hydrogen (secondary N) is 1. The molecule has 2 N–H and O–H groups in total. The molecule has 2 aliphatic carbocycles. The van der Waals surface area contributed by atoms with Crippen LogP contribution in [0.25, 0.3) is 11.1 Å². The van der Waals surface area contributed by atoms with Crippen LogP contribution >= 0.6 is 0 Å². The summed E-state index contributed by atoms with van der Waals surface area (Å²) in [7, 11) is 0. The molecule has 3 atom stereocenters. The number of carboxylic acids is 1. The first-order valence-electron chi connectivity index (χ1n) is 12.7. The largest absolute Gasteiger partial charge is 0.481 e. The Balaban J connectivity index is 1.26. The van der Waals surface area contributed by atoms with Crippen molar-refractivity contribution in [2.75, 3.05) is 13.2 Å². The normalized spacial score (nSPS) is 21.5. The maximum atomic E-state index is 13.4. The monoisotopic (exact) mass is 476 g/mol. The summed E-state index contributed by atoms with van der Waals surface area (Å²) in [6.45, 7) is 0.810. The number of aliphatic carboxylic acids is 1. The Kier molecular flexibility index (Phi) is 6.75. The molecule has 1 heterocycles. The highest BCUT2D eigenvalue weighted by atomic mass is 16.5. The average molecular weight is 477 g/mol. The lowest BCUT2D eigenvalue weighted by Crippen LogP contribution is -2.54. The molecule has 7 nitrogen and oxygen atoms in total. The van der Waals surface area contributed by atoms with Gasteiger partial charge < -0.3 is 20.1 Å². The third kappa shape index (κ3) is 4.77. The zero-order valence-electron chi connectivity index (χ0n) is 19.8. The van der Waals surface area contributed by atoms with Crippen molar-refractivity contribution in [3.05, 3.63) is 59.7 Å². The van der Waals surface area contributed by atoms with E-state index in [1.165, 1.54) is 0 Å². The molecule has 7 heteroatoms. The van der Waals surface area contributed by atoms with Gasteiger partial charge in [-0.15, -0.1) is 0 Å². The number of hydrogen-bond donors (Lipinski definition) is 2. The van der Waals surface area contributed by atoms with Crippen LogP contribution in [-0.4, -0.2) is 53.2 Å². The Morgan fingerprint density at radius 2 is 1.63 bits per heavy atom. The van der Waals surface area contributed by atoms with Crippen molar-refractivity contribution in [3.63, 3.8) is 0 Å². The minimum Gasteiger partial charge on any atom is -0.481 e. The van der Waals surface area contributed by atoms with Gasteiger partial charge in [0.25, 0.3) is 0 Å². The molecule has 3 aliphatic rings. The van der Waals surface area contributed by atoms with E-state index in [9.17, 15) is 19.5 Å². The fraction of sp³-hybridized carbons (Fsp3) is 0.464. The van der Waals surface area contributed by atoms with Gasteiger partial charge in [0.15, 0.2) is 0 Å². The van der Waals surface area contributed by atoms with E-state index in [4.69, 9.17) is 4.74 Å². The second-order valence-electron chi connectivity index (χ2n) is 9.89. The van der Waals surface area contributed by atoms with Gasteiger partial charge in [0.2, 0.25) is 5.91 Å². The third-order valence-electron chi connectivity index (χ3n) is 7.86. The molecule has 2 aromatic carbocycles. The second-order valence-corrected chi connectivity index (χ2v) is 9.89. The molecule has 35 heavy (non-hydrogen) atoms. The predicted molar refractivity (Wildman–Crippen MR) is 131 cm³/mol. The van der Waals surface area contributed by atoms with Gasteiger partial charge in [0.05, 0.1) is 0 Å². The van der Waals surface area contributed by atoms with Crippen LogP contribution in [0.3, 0.4) is 0 Å². The highest BCUT2D eigenvalue weighted by Crippen LogP contribution is 2.44. The number of amides is 2. The van der Waals surface area contributed by atoms with Gasteiger partial charge >= 0.3 is 12.1 Å². The van der Waals surface area contributed by atoms with Crippen molar-refractivity contribution in [1.29, 1.82) is 0 Å². The zero-order chi connectivity index (χ0) is 24.4. The summed E-state index contributed by atoms with van der Waals surface area (Å²) in [5.41, 5.74) is 4.51. The number of carbonyl (C=O) groups is 3. The molecule has 3 unspecified atom stereocenters. The summed E-state index contributed by atoms with van der Waals surface area (Å²) in [5, 5.41) is 11.9. The molecule has 5 rings (SSSR count). The standard InChI is InChI=1S/C28H32N2O5/c31-26(32)15-14-24(27(33)30-16-6-8-18-7-5-13-25(18)30)29-28(34)35-17-23-21-11-3-1-9-19(21)20-10-2-4-12-22(20)23/h1-4,9-12,18,23-25H,5-8,13-17H2,(H,29,34)(H,31,32). The van der Waals surface area contributed by atoms with Crippen molar-refractivity contribution in [1.82, 2.24) is 10.2 Å². The van der Waals surface area contributed by atoms with Gasteiger partial charge in [0, 0.05) is 24.9 Å². The van der Waals surface area contributed by atoms with Crippen LogP contribution in [0.15, 0.2) is 48.5 Å². The van der Waals surface area contributed by atoms with E-state index in [-0.39, 0.29) is 37.3 Å². The Hall–Kier alpha value is -3.35. The van der Waals surface area contributed by atoms with E-state index >= 15 is 0 Å². The molecule has 0 radical (unpaired) electrons. The van der Waals surface area contributed by atoms with Crippen molar-refractivity contribution >= 4 is 18.0 Å². The van der Waals surface area contributed by atoms with Crippen LogP contribution in [0, 0.1) is 5.92 Å². The first-order chi connectivity index (χ1) is 17.0. The number of piperidine rings is 1. The molecule has 1 aliphatic heterocycles. The minimum absolute atomic E-state index is 0.0479. The van der Waals surface area contributed by atoms with Crippen LogP contribution in [0.2, 0.25) is 0 Å². The first kappa shape index (κ1) is 23.4. The number of ether oxygens (including phenoxy) is 1. The van der Waals surface area contributed by atoms with Crippen LogP contribution in [0.5, 0.6) is 0 Å². The maximum absolute atomic E-state index is 13.4. The van der Waals surface area contributed by atoms with Gasteiger partial charge in [-0.1, -0.05) is 55.0 Å². The van der Waals surface area contributed by atoms with Crippen LogP contribution in [-0.2, 0) is 14.3 Å². The highest BCUT2D eigenvalue weighted by Gasteiger charge is 2.40. The molecule has 0 aromatic heterocycles. The molecule has 184 valence electrons.